The van der Waals surface area contributed by atoms with Crippen molar-refractivity contribution in [1.82, 2.24) is 9.78 Å². The van der Waals surface area contributed by atoms with Crippen molar-refractivity contribution < 1.29 is 27.8 Å². The minimum Gasteiger partial charge on any atom is -0.478 e. The van der Waals surface area contributed by atoms with E-state index in [9.17, 15) is 18.0 Å². The lowest BCUT2D eigenvalue weighted by atomic mass is 9.95. The Morgan fingerprint density at radius 3 is 2.28 bits per heavy atom. The molecule has 8 heteroatoms. The lowest BCUT2D eigenvalue weighted by Crippen LogP contribution is -2.17. The number of hydrogen-bond donors (Lipinski definition) is 1. The van der Waals surface area contributed by atoms with Gasteiger partial charge in [0.2, 0.25) is 0 Å². The van der Waals surface area contributed by atoms with Crippen LogP contribution in [0.3, 0.4) is 0 Å². The minimum absolute atomic E-state index is 0.225. The van der Waals surface area contributed by atoms with E-state index in [-0.39, 0.29) is 17.4 Å². The molecule has 1 aliphatic rings. The van der Waals surface area contributed by atoms with Gasteiger partial charge in [0.05, 0.1) is 23.0 Å². The number of carbonyl (C=O) groups is 1. The molecule has 4 rings (SSSR count). The van der Waals surface area contributed by atoms with Gasteiger partial charge in [0.1, 0.15) is 5.75 Å². The van der Waals surface area contributed by atoms with Crippen LogP contribution in [0.5, 0.6) is 5.75 Å². The third-order valence-electron chi connectivity index (χ3n) is 5.68. The second-order valence-electron chi connectivity index (χ2n) is 8.01. The van der Waals surface area contributed by atoms with Crippen molar-refractivity contribution in [2.24, 2.45) is 0 Å². The standard InChI is InChI=1S/C24H23F3N2O3/c25-24(26,27)32-21-12-10-17(11-13-21)22-15-19(28-29(22)20-4-2-1-3-5-20)14-16-6-8-18(9-7-16)23(30)31/h6-13,15,20H,1-5,14H2,(H,30,31). The van der Waals surface area contributed by atoms with Gasteiger partial charge in [-0.15, -0.1) is 13.2 Å². The molecule has 0 atom stereocenters. The lowest BCUT2D eigenvalue weighted by Gasteiger charge is -2.24. The number of alkyl halides is 3. The van der Waals surface area contributed by atoms with E-state index in [1.54, 1.807) is 36.4 Å². The van der Waals surface area contributed by atoms with Crippen LogP contribution in [0.15, 0.2) is 54.6 Å². The van der Waals surface area contributed by atoms with Crippen molar-refractivity contribution in [2.45, 2.75) is 50.9 Å². The summed E-state index contributed by atoms with van der Waals surface area (Å²) in [7, 11) is 0. The van der Waals surface area contributed by atoms with Crippen LogP contribution in [-0.4, -0.2) is 27.2 Å². The number of benzene rings is 2. The monoisotopic (exact) mass is 444 g/mol. The third kappa shape index (κ3) is 5.30. The second-order valence-corrected chi connectivity index (χ2v) is 8.01. The molecule has 0 spiro atoms. The number of aromatic nitrogens is 2. The molecule has 0 aliphatic heterocycles. The summed E-state index contributed by atoms with van der Waals surface area (Å²) in [6.45, 7) is 0. The summed E-state index contributed by atoms with van der Waals surface area (Å²) < 4.78 is 43.4. The van der Waals surface area contributed by atoms with Crippen LogP contribution in [0.1, 0.15) is 59.8 Å². The third-order valence-corrected chi connectivity index (χ3v) is 5.68. The quantitative estimate of drug-likeness (QED) is 0.489. The molecule has 1 aromatic heterocycles. The minimum atomic E-state index is -4.73. The Hall–Kier alpha value is -3.29. The highest BCUT2D eigenvalue weighted by Crippen LogP contribution is 2.34. The van der Waals surface area contributed by atoms with E-state index >= 15 is 0 Å². The molecule has 0 saturated heterocycles. The molecule has 1 heterocycles. The maximum absolute atomic E-state index is 12.5. The van der Waals surface area contributed by atoms with E-state index in [0.29, 0.717) is 6.42 Å². The van der Waals surface area contributed by atoms with Gasteiger partial charge in [-0.05, 0) is 60.9 Å². The Kier molecular flexibility index (Phi) is 6.21. The highest BCUT2D eigenvalue weighted by atomic mass is 19.4. The first kappa shape index (κ1) is 21.9. The van der Waals surface area contributed by atoms with Crippen molar-refractivity contribution in [3.8, 4) is 17.0 Å². The van der Waals surface area contributed by atoms with Crippen molar-refractivity contribution in [1.29, 1.82) is 0 Å². The number of halogens is 3. The highest BCUT2D eigenvalue weighted by molar-refractivity contribution is 5.87. The van der Waals surface area contributed by atoms with Crippen molar-refractivity contribution >= 4 is 5.97 Å². The SMILES string of the molecule is O=C(O)c1ccc(Cc2cc(-c3ccc(OC(F)(F)F)cc3)n(C3CCCCC3)n2)cc1. The fourth-order valence-corrected chi connectivity index (χ4v) is 4.15. The fraction of sp³-hybridized carbons (Fsp3) is 0.333. The van der Waals surface area contributed by atoms with Crippen LogP contribution in [0, 0.1) is 0 Å². The van der Waals surface area contributed by atoms with Gasteiger partial charge in [-0.3, -0.25) is 4.68 Å². The van der Waals surface area contributed by atoms with Crippen LogP contribution < -0.4 is 4.74 Å². The van der Waals surface area contributed by atoms with Gasteiger partial charge >= 0.3 is 12.3 Å². The van der Waals surface area contributed by atoms with Gasteiger partial charge in [-0.1, -0.05) is 31.4 Å². The summed E-state index contributed by atoms with van der Waals surface area (Å²) in [4.78, 5) is 11.1. The normalized spacial score (nSPS) is 15.0. The first-order valence-electron chi connectivity index (χ1n) is 10.6. The first-order valence-corrected chi connectivity index (χ1v) is 10.6. The highest BCUT2D eigenvalue weighted by Gasteiger charge is 2.31. The Morgan fingerprint density at radius 1 is 1.03 bits per heavy atom. The zero-order valence-electron chi connectivity index (χ0n) is 17.3. The number of aromatic carboxylic acids is 1. The molecule has 5 nitrogen and oxygen atoms in total. The average molecular weight is 444 g/mol. The topological polar surface area (TPSA) is 64.3 Å². The van der Waals surface area contributed by atoms with Crippen LogP contribution in [0.2, 0.25) is 0 Å². The predicted octanol–water partition coefficient (Wildman–Crippen LogP) is 6.24. The molecule has 0 unspecified atom stereocenters. The van der Waals surface area contributed by atoms with Crippen LogP contribution >= 0.6 is 0 Å². The van der Waals surface area contributed by atoms with E-state index in [4.69, 9.17) is 10.2 Å². The van der Waals surface area contributed by atoms with Crippen molar-refractivity contribution in [3.05, 3.63) is 71.4 Å². The van der Waals surface area contributed by atoms with Gasteiger partial charge in [0.25, 0.3) is 0 Å². The van der Waals surface area contributed by atoms with Crippen LogP contribution in [0.25, 0.3) is 11.3 Å². The molecule has 3 aromatic rings. The summed E-state index contributed by atoms with van der Waals surface area (Å²) >= 11 is 0. The number of carboxylic acids is 1. The fourth-order valence-electron chi connectivity index (χ4n) is 4.15. The Bertz CT molecular complexity index is 1070. The van der Waals surface area contributed by atoms with Crippen molar-refractivity contribution in [2.75, 3.05) is 0 Å². The van der Waals surface area contributed by atoms with E-state index in [2.05, 4.69) is 4.74 Å². The van der Waals surface area contributed by atoms with Gasteiger partial charge in [-0.25, -0.2) is 4.79 Å². The summed E-state index contributed by atoms with van der Waals surface area (Å²) in [6.07, 6.45) is 1.26. The maximum Gasteiger partial charge on any atom is 0.573 e. The average Bonchev–Trinajstić information content (AvgIpc) is 3.18. The van der Waals surface area contributed by atoms with Gasteiger partial charge < -0.3 is 9.84 Å². The molecule has 1 fully saturated rings. The molecule has 1 aliphatic carbocycles. The van der Waals surface area contributed by atoms with E-state index in [0.717, 1.165) is 48.2 Å². The zero-order chi connectivity index (χ0) is 22.7. The predicted molar refractivity (Wildman–Crippen MR) is 113 cm³/mol. The first-order chi connectivity index (χ1) is 15.3. The molecule has 1 N–H and O–H groups in total. The van der Waals surface area contributed by atoms with Gasteiger partial charge in [0.15, 0.2) is 0 Å². The van der Waals surface area contributed by atoms with E-state index in [1.807, 2.05) is 10.7 Å². The summed E-state index contributed by atoms with van der Waals surface area (Å²) in [5, 5.41) is 13.9. The molecule has 32 heavy (non-hydrogen) atoms. The zero-order valence-corrected chi connectivity index (χ0v) is 17.3. The van der Waals surface area contributed by atoms with Crippen molar-refractivity contribution in [3.63, 3.8) is 0 Å². The molecule has 0 amide bonds. The molecular formula is C24H23F3N2O3. The summed E-state index contributed by atoms with van der Waals surface area (Å²) in [6, 6.07) is 14.7. The molecule has 2 aromatic carbocycles. The molecular weight excluding hydrogens is 421 g/mol. The number of nitrogens with zero attached hydrogens (tertiary/aromatic N) is 2. The molecule has 0 radical (unpaired) electrons. The molecule has 0 bridgehead atoms. The smallest absolute Gasteiger partial charge is 0.478 e. The van der Waals surface area contributed by atoms with Crippen LogP contribution in [0.4, 0.5) is 13.2 Å². The van der Waals surface area contributed by atoms with Crippen LogP contribution in [-0.2, 0) is 6.42 Å². The van der Waals surface area contributed by atoms with Gasteiger partial charge in [-0.2, -0.15) is 5.10 Å². The van der Waals surface area contributed by atoms with E-state index in [1.165, 1.54) is 18.6 Å². The molecule has 168 valence electrons. The Labute approximate surface area is 183 Å². The lowest BCUT2D eigenvalue weighted by molar-refractivity contribution is -0.274. The molecule has 1 saturated carbocycles. The largest absolute Gasteiger partial charge is 0.573 e. The number of rotatable bonds is 6. The summed E-state index contributed by atoms with van der Waals surface area (Å²) in [5.74, 6) is -1.23. The van der Waals surface area contributed by atoms with E-state index < -0.39 is 12.3 Å². The number of carboxylic acid groups (broad SMARTS) is 1. The second kappa shape index (κ2) is 9.06. The summed E-state index contributed by atoms with van der Waals surface area (Å²) in [5.41, 5.74) is 3.61. The number of ether oxygens (including phenoxy) is 1. The Morgan fingerprint density at radius 2 is 1.69 bits per heavy atom. The maximum atomic E-state index is 12.5. The van der Waals surface area contributed by atoms with Gasteiger partial charge in [0, 0.05) is 12.0 Å². The Balaban J connectivity index is 1.63. The number of hydrogen-bond acceptors (Lipinski definition) is 3.